The minimum atomic E-state index is 0.211. The highest BCUT2D eigenvalue weighted by Gasteiger charge is 2.33. The predicted molar refractivity (Wildman–Crippen MR) is 80.8 cm³/mol. The highest BCUT2D eigenvalue weighted by atomic mass is 32.1. The van der Waals surface area contributed by atoms with Crippen LogP contribution >= 0.6 is 11.3 Å². The molecule has 1 saturated carbocycles. The maximum atomic E-state index is 12.6. The summed E-state index contributed by atoms with van der Waals surface area (Å²) in [4.78, 5) is 21.5. The minimum absolute atomic E-state index is 0.211. The second-order valence-corrected chi connectivity index (χ2v) is 6.96. The van der Waals surface area contributed by atoms with E-state index < -0.39 is 0 Å². The van der Waals surface area contributed by atoms with Crippen molar-refractivity contribution in [2.75, 3.05) is 20.1 Å². The molecule has 1 aliphatic carbocycles. The van der Waals surface area contributed by atoms with Gasteiger partial charge < -0.3 is 4.90 Å². The fraction of sp³-hybridized carbons (Fsp3) is 0.733. The van der Waals surface area contributed by atoms with Gasteiger partial charge in [-0.3, -0.25) is 9.69 Å². The zero-order valence-electron chi connectivity index (χ0n) is 12.3. The summed E-state index contributed by atoms with van der Waals surface area (Å²) in [5.41, 5.74) is 1.07. The van der Waals surface area contributed by atoms with Crippen LogP contribution in [-0.2, 0) is 4.79 Å². The zero-order chi connectivity index (χ0) is 14.1. The Bertz CT molecular complexity index is 483. The topological polar surface area (TPSA) is 36.4 Å². The van der Waals surface area contributed by atoms with Gasteiger partial charge in [-0.05, 0) is 46.1 Å². The van der Waals surface area contributed by atoms with E-state index in [2.05, 4.69) is 27.2 Å². The van der Waals surface area contributed by atoms with Crippen molar-refractivity contribution in [2.45, 2.75) is 51.1 Å². The molecular weight excluding hydrogens is 270 g/mol. The van der Waals surface area contributed by atoms with Gasteiger partial charge in [-0.25, -0.2) is 4.98 Å². The molecule has 3 rings (SSSR count). The largest absolute Gasteiger partial charge is 0.332 e. The Morgan fingerprint density at radius 3 is 2.90 bits per heavy atom. The fourth-order valence-electron chi connectivity index (χ4n) is 2.96. The van der Waals surface area contributed by atoms with E-state index in [1.165, 1.54) is 19.3 Å². The number of likely N-dealkylation sites (tertiary alicyclic amines) is 1. The molecule has 5 heteroatoms. The van der Waals surface area contributed by atoms with Crippen LogP contribution in [0.5, 0.6) is 0 Å². The van der Waals surface area contributed by atoms with Crippen LogP contribution in [0, 0.1) is 6.92 Å². The number of aromatic nitrogens is 1. The molecule has 1 amide bonds. The smallest absolute Gasteiger partial charge is 0.237 e. The summed E-state index contributed by atoms with van der Waals surface area (Å²) >= 11 is 1.70. The molecule has 4 nitrogen and oxygen atoms in total. The Labute approximate surface area is 124 Å². The monoisotopic (exact) mass is 293 g/mol. The third-order valence-electron chi connectivity index (χ3n) is 4.30. The quantitative estimate of drug-likeness (QED) is 0.856. The normalized spacial score (nSPS) is 23.4. The summed E-state index contributed by atoms with van der Waals surface area (Å²) < 4.78 is 0. The van der Waals surface area contributed by atoms with Gasteiger partial charge in [0, 0.05) is 23.7 Å². The molecule has 1 aliphatic heterocycles. The first kappa shape index (κ1) is 14.0. The Kier molecular flexibility index (Phi) is 4.08. The number of hydrogen-bond donors (Lipinski definition) is 0. The van der Waals surface area contributed by atoms with Gasteiger partial charge >= 0.3 is 0 Å². The molecule has 0 radical (unpaired) electrons. The highest BCUT2D eigenvalue weighted by molar-refractivity contribution is 7.09. The molecule has 1 aromatic heterocycles. The maximum absolute atomic E-state index is 12.6. The van der Waals surface area contributed by atoms with Gasteiger partial charge in [0.25, 0.3) is 0 Å². The van der Waals surface area contributed by atoms with Crippen LogP contribution in [0.1, 0.15) is 48.8 Å². The van der Waals surface area contributed by atoms with Crippen molar-refractivity contribution in [3.8, 4) is 0 Å². The molecule has 0 spiro atoms. The standard InChI is InChI=1S/C15H23N3OS/c1-11-10-20-15(16-11)13-5-3-4-8-18(13)14(19)9-17(2)12-6-7-12/h10,12-13H,3-9H2,1-2H3/t13-/m0/s1. The van der Waals surface area contributed by atoms with Gasteiger partial charge in [-0.2, -0.15) is 0 Å². The van der Waals surface area contributed by atoms with E-state index in [-0.39, 0.29) is 11.9 Å². The van der Waals surface area contributed by atoms with Crippen molar-refractivity contribution in [3.05, 3.63) is 16.1 Å². The lowest BCUT2D eigenvalue weighted by atomic mass is 10.0. The van der Waals surface area contributed by atoms with Crippen LogP contribution < -0.4 is 0 Å². The number of carbonyl (C=O) groups is 1. The molecule has 0 aromatic carbocycles. The Morgan fingerprint density at radius 1 is 1.45 bits per heavy atom. The number of thiazole rings is 1. The van der Waals surface area contributed by atoms with Crippen molar-refractivity contribution in [3.63, 3.8) is 0 Å². The molecule has 0 bridgehead atoms. The van der Waals surface area contributed by atoms with Crippen molar-refractivity contribution in [1.82, 2.24) is 14.8 Å². The minimum Gasteiger partial charge on any atom is -0.332 e. The Morgan fingerprint density at radius 2 is 2.25 bits per heavy atom. The van der Waals surface area contributed by atoms with E-state index in [0.717, 1.165) is 30.1 Å². The molecule has 0 unspecified atom stereocenters. The molecule has 2 fully saturated rings. The predicted octanol–water partition coefficient (Wildman–Crippen LogP) is 2.60. The summed E-state index contributed by atoms with van der Waals surface area (Å²) in [6.07, 6.45) is 5.88. The molecule has 20 heavy (non-hydrogen) atoms. The number of nitrogens with zero attached hydrogens (tertiary/aromatic N) is 3. The third-order valence-corrected chi connectivity index (χ3v) is 5.36. The van der Waals surface area contributed by atoms with Gasteiger partial charge in [-0.15, -0.1) is 11.3 Å². The van der Waals surface area contributed by atoms with Gasteiger partial charge in [0.2, 0.25) is 5.91 Å². The van der Waals surface area contributed by atoms with Crippen LogP contribution in [-0.4, -0.2) is 46.9 Å². The molecule has 1 aromatic rings. The van der Waals surface area contributed by atoms with Crippen LogP contribution in [0.2, 0.25) is 0 Å². The lowest BCUT2D eigenvalue weighted by Crippen LogP contribution is -2.44. The van der Waals surface area contributed by atoms with Crippen molar-refractivity contribution >= 4 is 17.2 Å². The third kappa shape index (κ3) is 3.04. The van der Waals surface area contributed by atoms with Crippen molar-refractivity contribution < 1.29 is 4.79 Å². The number of carbonyl (C=O) groups excluding carboxylic acids is 1. The van der Waals surface area contributed by atoms with Crippen LogP contribution in [0.25, 0.3) is 0 Å². The van der Waals surface area contributed by atoms with Crippen molar-refractivity contribution in [1.29, 1.82) is 0 Å². The first-order chi connectivity index (χ1) is 9.65. The summed E-state index contributed by atoms with van der Waals surface area (Å²) in [6.45, 7) is 3.47. The zero-order valence-corrected chi connectivity index (χ0v) is 13.2. The molecular formula is C15H23N3OS. The highest BCUT2D eigenvalue weighted by Crippen LogP contribution is 2.33. The molecule has 1 saturated heterocycles. The number of hydrogen-bond acceptors (Lipinski definition) is 4. The van der Waals surface area contributed by atoms with E-state index in [1.54, 1.807) is 11.3 Å². The molecule has 110 valence electrons. The van der Waals surface area contributed by atoms with Crippen LogP contribution in [0.3, 0.4) is 0 Å². The number of rotatable bonds is 4. The molecule has 0 N–H and O–H groups in total. The SMILES string of the molecule is Cc1csc([C@@H]2CCCCN2C(=O)CN(C)C2CC2)n1. The fourth-order valence-corrected chi connectivity index (χ4v) is 3.90. The number of piperidine rings is 1. The van der Waals surface area contributed by atoms with Crippen LogP contribution in [0.15, 0.2) is 5.38 Å². The first-order valence-electron chi connectivity index (χ1n) is 7.57. The first-order valence-corrected chi connectivity index (χ1v) is 8.45. The summed E-state index contributed by atoms with van der Waals surface area (Å²) in [7, 11) is 2.07. The second-order valence-electron chi connectivity index (χ2n) is 6.07. The van der Waals surface area contributed by atoms with E-state index >= 15 is 0 Å². The van der Waals surface area contributed by atoms with Gasteiger partial charge in [0.15, 0.2) is 0 Å². The van der Waals surface area contributed by atoms with Crippen molar-refractivity contribution in [2.24, 2.45) is 0 Å². The summed E-state index contributed by atoms with van der Waals surface area (Å²) in [5.74, 6) is 0.275. The maximum Gasteiger partial charge on any atom is 0.237 e. The average molecular weight is 293 g/mol. The van der Waals surface area contributed by atoms with Gasteiger partial charge in [0.1, 0.15) is 5.01 Å². The average Bonchev–Trinajstić information content (AvgIpc) is 3.21. The molecule has 1 atom stereocenters. The Balaban J connectivity index is 1.69. The lowest BCUT2D eigenvalue weighted by Gasteiger charge is -2.35. The molecule has 2 aliphatic rings. The Hall–Kier alpha value is -0.940. The molecule has 2 heterocycles. The van der Waals surface area contributed by atoms with E-state index in [0.29, 0.717) is 12.6 Å². The number of aryl methyl sites for hydroxylation is 1. The summed E-state index contributed by atoms with van der Waals surface area (Å²) in [5, 5.41) is 3.20. The van der Waals surface area contributed by atoms with E-state index in [9.17, 15) is 4.79 Å². The van der Waals surface area contributed by atoms with Gasteiger partial charge in [-0.1, -0.05) is 0 Å². The lowest BCUT2D eigenvalue weighted by molar-refractivity contribution is -0.136. The second kappa shape index (κ2) is 5.82. The van der Waals surface area contributed by atoms with Gasteiger partial charge in [0.05, 0.1) is 12.6 Å². The number of amides is 1. The van der Waals surface area contributed by atoms with E-state index in [1.807, 2.05) is 6.92 Å². The summed E-state index contributed by atoms with van der Waals surface area (Å²) in [6, 6.07) is 0.854. The van der Waals surface area contributed by atoms with Crippen LogP contribution in [0.4, 0.5) is 0 Å². The van der Waals surface area contributed by atoms with E-state index in [4.69, 9.17) is 0 Å². The number of likely N-dealkylation sites (N-methyl/N-ethyl adjacent to an activating group) is 1.